The van der Waals surface area contributed by atoms with Crippen LogP contribution in [0.2, 0.25) is 0 Å². The van der Waals surface area contributed by atoms with Gasteiger partial charge in [0.1, 0.15) is 10.3 Å². The van der Waals surface area contributed by atoms with E-state index in [0.717, 1.165) is 21.7 Å². The monoisotopic (exact) mass is 527 g/mol. The highest BCUT2D eigenvalue weighted by atomic mass is 32.1. The summed E-state index contributed by atoms with van der Waals surface area (Å²) >= 11 is 1.77. The Morgan fingerprint density at radius 1 is 0.550 bits per heavy atom. The van der Waals surface area contributed by atoms with Gasteiger partial charge in [-0.15, -0.1) is 11.3 Å². The Labute approximate surface area is 233 Å². The lowest BCUT2D eigenvalue weighted by molar-refractivity contribution is 1.14. The third-order valence-corrected chi connectivity index (χ3v) is 9.22. The van der Waals surface area contributed by atoms with Gasteiger partial charge in [-0.25, -0.2) is 9.97 Å². The molecule has 0 saturated heterocycles. The lowest BCUT2D eigenvalue weighted by Gasteiger charge is -2.18. The molecule has 0 fully saturated rings. The number of hydrogen-bond acceptors (Lipinski definition) is 3. The molecule has 3 aromatic heterocycles. The second-order valence-electron chi connectivity index (χ2n) is 10.2. The van der Waals surface area contributed by atoms with E-state index >= 15 is 0 Å². The smallest absolute Gasteiger partial charge is 0.235 e. The van der Waals surface area contributed by atoms with Gasteiger partial charge in [-0.1, -0.05) is 109 Å². The molecular weight excluding hydrogens is 506 g/mol. The minimum absolute atomic E-state index is 0.733. The molecular formula is C36H21N3S. The highest BCUT2D eigenvalue weighted by molar-refractivity contribution is 7.25. The molecule has 0 unspecified atom stereocenters. The molecule has 0 aliphatic rings. The number of aromatic nitrogens is 3. The highest BCUT2D eigenvalue weighted by Crippen LogP contribution is 2.45. The first-order chi connectivity index (χ1) is 19.8. The predicted molar refractivity (Wildman–Crippen MR) is 169 cm³/mol. The van der Waals surface area contributed by atoms with Crippen molar-refractivity contribution < 1.29 is 0 Å². The van der Waals surface area contributed by atoms with E-state index in [0.29, 0.717) is 0 Å². The zero-order chi connectivity index (χ0) is 26.2. The largest absolute Gasteiger partial charge is 0.274 e. The van der Waals surface area contributed by atoms with Gasteiger partial charge in [-0.3, -0.25) is 4.40 Å². The molecule has 0 aliphatic heterocycles. The molecule has 0 bridgehead atoms. The van der Waals surface area contributed by atoms with Crippen molar-refractivity contribution in [2.75, 3.05) is 0 Å². The summed E-state index contributed by atoms with van der Waals surface area (Å²) in [6.45, 7) is 0. The van der Waals surface area contributed by atoms with Crippen molar-refractivity contribution in [2.24, 2.45) is 0 Å². The molecule has 4 heteroatoms. The number of thiophene rings is 1. The SMILES string of the molecule is c1ccc2c(-c3c4ccccc4c(-c4cnc5nc6c7ccccc7sc6n5c4)c4ccccc34)cccc2c1. The second kappa shape index (κ2) is 8.22. The summed E-state index contributed by atoms with van der Waals surface area (Å²) in [6, 6.07) is 41.3. The first kappa shape index (κ1) is 21.8. The topological polar surface area (TPSA) is 30.2 Å². The van der Waals surface area contributed by atoms with E-state index in [1.165, 1.54) is 59.1 Å². The van der Waals surface area contributed by atoms with Crippen molar-refractivity contribution in [3.8, 4) is 22.3 Å². The molecule has 0 amide bonds. The van der Waals surface area contributed by atoms with E-state index < -0.39 is 0 Å². The zero-order valence-corrected chi connectivity index (χ0v) is 22.2. The quantitative estimate of drug-likeness (QED) is 0.209. The maximum Gasteiger partial charge on any atom is 0.235 e. The van der Waals surface area contributed by atoms with E-state index in [9.17, 15) is 0 Å². The number of imidazole rings is 1. The second-order valence-corrected chi connectivity index (χ2v) is 11.3. The van der Waals surface area contributed by atoms with Gasteiger partial charge in [0.15, 0.2) is 0 Å². The van der Waals surface area contributed by atoms with Crippen LogP contribution in [-0.2, 0) is 0 Å². The summed E-state index contributed by atoms with van der Waals surface area (Å²) in [5, 5.41) is 8.62. The van der Waals surface area contributed by atoms with Gasteiger partial charge in [-0.2, -0.15) is 0 Å². The summed E-state index contributed by atoms with van der Waals surface area (Å²) < 4.78 is 3.41. The molecule has 9 rings (SSSR count). The van der Waals surface area contributed by atoms with E-state index in [1.54, 1.807) is 11.3 Å². The molecule has 6 aromatic carbocycles. The number of rotatable bonds is 2. The lowest BCUT2D eigenvalue weighted by Crippen LogP contribution is -1.94. The van der Waals surface area contributed by atoms with Gasteiger partial charge in [0.05, 0.1) is 0 Å². The summed E-state index contributed by atoms with van der Waals surface area (Å²) in [7, 11) is 0. The molecule has 0 atom stereocenters. The number of hydrogen-bond donors (Lipinski definition) is 0. The Hall–Kier alpha value is -5.06. The van der Waals surface area contributed by atoms with Crippen molar-refractivity contribution in [1.82, 2.24) is 14.4 Å². The van der Waals surface area contributed by atoms with Gasteiger partial charge >= 0.3 is 0 Å². The molecule has 0 saturated carbocycles. The molecule has 3 nitrogen and oxygen atoms in total. The Morgan fingerprint density at radius 2 is 1.15 bits per heavy atom. The fourth-order valence-electron chi connectivity index (χ4n) is 6.34. The summed E-state index contributed by atoms with van der Waals surface area (Å²) in [6.07, 6.45) is 4.21. The molecule has 0 spiro atoms. The van der Waals surface area contributed by atoms with Crippen molar-refractivity contribution in [3.63, 3.8) is 0 Å². The van der Waals surface area contributed by atoms with Crippen molar-refractivity contribution in [1.29, 1.82) is 0 Å². The van der Waals surface area contributed by atoms with Crippen LogP contribution in [-0.4, -0.2) is 14.4 Å². The van der Waals surface area contributed by atoms with Gasteiger partial charge < -0.3 is 0 Å². The van der Waals surface area contributed by atoms with Crippen molar-refractivity contribution in [3.05, 3.63) is 128 Å². The summed E-state index contributed by atoms with van der Waals surface area (Å²) in [5.41, 5.74) is 5.84. The molecule has 3 heterocycles. The van der Waals surface area contributed by atoms with Crippen molar-refractivity contribution in [2.45, 2.75) is 0 Å². The Balaban J connectivity index is 1.40. The third kappa shape index (κ3) is 2.99. The zero-order valence-electron chi connectivity index (χ0n) is 21.4. The Bertz CT molecular complexity index is 2390. The van der Waals surface area contributed by atoms with Gasteiger partial charge in [-0.05, 0) is 49.5 Å². The fourth-order valence-corrected chi connectivity index (χ4v) is 7.46. The van der Waals surface area contributed by atoms with Crippen molar-refractivity contribution >= 4 is 69.9 Å². The van der Waals surface area contributed by atoms with Gasteiger partial charge in [0, 0.05) is 33.6 Å². The molecule has 0 radical (unpaired) electrons. The van der Waals surface area contributed by atoms with Crippen LogP contribution in [0.15, 0.2) is 128 Å². The average molecular weight is 528 g/mol. The minimum atomic E-state index is 0.733. The first-order valence-electron chi connectivity index (χ1n) is 13.4. The van der Waals surface area contributed by atoms with E-state index in [-0.39, 0.29) is 0 Å². The van der Waals surface area contributed by atoms with Gasteiger partial charge in [0.25, 0.3) is 0 Å². The summed E-state index contributed by atoms with van der Waals surface area (Å²) in [4.78, 5) is 10.9. The molecule has 9 aromatic rings. The standard InChI is InChI=1S/C36H21N3S/c1-2-12-24-22(10-1)11-9-18-25(24)33-28-15-5-3-13-26(28)32(27-14-4-6-16-29(27)33)23-20-37-36-38-34-30-17-7-8-19-31(30)40-35(34)39(36)21-23/h1-21H. The maximum absolute atomic E-state index is 4.91. The van der Waals surface area contributed by atoms with Crippen LogP contribution in [0.3, 0.4) is 0 Å². The predicted octanol–water partition coefficient (Wildman–Crippen LogP) is 9.89. The van der Waals surface area contributed by atoms with Crippen LogP contribution in [0.1, 0.15) is 0 Å². The van der Waals surface area contributed by atoms with Crippen LogP contribution in [0.5, 0.6) is 0 Å². The van der Waals surface area contributed by atoms with Crippen LogP contribution in [0.25, 0.3) is 80.8 Å². The molecule has 0 N–H and O–H groups in total. The normalized spacial score (nSPS) is 12.0. The van der Waals surface area contributed by atoms with E-state index in [2.05, 4.69) is 126 Å². The highest BCUT2D eigenvalue weighted by Gasteiger charge is 2.19. The van der Waals surface area contributed by atoms with Crippen LogP contribution < -0.4 is 0 Å². The maximum atomic E-state index is 4.91. The van der Waals surface area contributed by atoms with E-state index in [1.807, 2.05) is 6.20 Å². The van der Waals surface area contributed by atoms with E-state index in [4.69, 9.17) is 9.97 Å². The molecule has 186 valence electrons. The first-order valence-corrected chi connectivity index (χ1v) is 14.2. The third-order valence-electron chi connectivity index (χ3n) is 8.06. The fraction of sp³-hybridized carbons (Fsp3) is 0. The minimum Gasteiger partial charge on any atom is -0.274 e. The number of nitrogens with zero attached hydrogens (tertiary/aromatic N) is 3. The summed E-state index contributed by atoms with van der Waals surface area (Å²) in [5.74, 6) is 0.733. The van der Waals surface area contributed by atoms with Crippen LogP contribution in [0.4, 0.5) is 0 Å². The number of benzene rings is 6. The Morgan fingerprint density at radius 3 is 1.90 bits per heavy atom. The molecule has 40 heavy (non-hydrogen) atoms. The van der Waals surface area contributed by atoms with Gasteiger partial charge in [0.2, 0.25) is 5.78 Å². The average Bonchev–Trinajstić information content (AvgIpc) is 3.55. The number of fused-ring (bicyclic) bond motifs is 8. The molecule has 0 aliphatic carbocycles. The van der Waals surface area contributed by atoms with Crippen LogP contribution in [0, 0.1) is 0 Å². The Kier molecular flexibility index (Phi) is 4.48. The lowest BCUT2D eigenvalue weighted by atomic mass is 9.85. The van der Waals surface area contributed by atoms with Crippen LogP contribution >= 0.6 is 11.3 Å².